The van der Waals surface area contributed by atoms with E-state index in [1.807, 2.05) is 54.7 Å². The van der Waals surface area contributed by atoms with Gasteiger partial charge in [0.25, 0.3) is 0 Å². The largest absolute Gasteiger partial charge is 0.493 e. The minimum Gasteiger partial charge on any atom is -0.493 e. The summed E-state index contributed by atoms with van der Waals surface area (Å²) in [5.74, 6) is 0.707. The molecule has 0 saturated carbocycles. The molecule has 1 aromatic heterocycles. The van der Waals surface area contributed by atoms with E-state index in [0.29, 0.717) is 22.8 Å². The fourth-order valence-corrected chi connectivity index (χ4v) is 3.47. The van der Waals surface area contributed by atoms with Gasteiger partial charge in [-0.1, -0.05) is 30.3 Å². The maximum atomic E-state index is 12.4. The number of hydrogen-bond acceptors (Lipinski definition) is 6. The van der Waals surface area contributed by atoms with E-state index < -0.39 is 5.97 Å². The van der Waals surface area contributed by atoms with Crippen molar-refractivity contribution in [3.05, 3.63) is 102 Å². The van der Waals surface area contributed by atoms with Crippen LogP contribution in [-0.4, -0.2) is 30.0 Å². The Labute approximate surface area is 203 Å². The second-order valence-corrected chi connectivity index (χ2v) is 7.53. The SMILES string of the molecule is COc1ccc(-c2nn(-c3ccccc3)cc2C=CC(=O)OCc2ccc(C#N)cc2)cc1OC. The minimum atomic E-state index is -0.486. The summed E-state index contributed by atoms with van der Waals surface area (Å²) in [5, 5.41) is 13.7. The minimum absolute atomic E-state index is 0.112. The van der Waals surface area contributed by atoms with Crippen molar-refractivity contribution in [3.8, 4) is 34.5 Å². The highest BCUT2D eigenvalue weighted by molar-refractivity contribution is 5.88. The van der Waals surface area contributed by atoms with Gasteiger partial charge in [0.2, 0.25) is 0 Å². The number of hydrogen-bond donors (Lipinski definition) is 0. The van der Waals surface area contributed by atoms with Crippen LogP contribution in [0, 0.1) is 11.3 Å². The summed E-state index contributed by atoms with van der Waals surface area (Å²) in [6.45, 7) is 0.112. The third kappa shape index (κ3) is 5.57. The van der Waals surface area contributed by atoms with Crippen LogP contribution in [0.2, 0.25) is 0 Å². The normalized spacial score (nSPS) is 10.7. The van der Waals surface area contributed by atoms with Crippen LogP contribution in [0.5, 0.6) is 11.5 Å². The van der Waals surface area contributed by atoms with Gasteiger partial charge in [-0.25, -0.2) is 9.48 Å². The first-order chi connectivity index (χ1) is 17.1. The Kier molecular flexibility index (Phi) is 7.24. The molecule has 0 unspecified atom stereocenters. The van der Waals surface area contributed by atoms with Gasteiger partial charge in [-0.15, -0.1) is 0 Å². The van der Waals surface area contributed by atoms with Crippen LogP contribution in [0.15, 0.2) is 85.1 Å². The van der Waals surface area contributed by atoms with Crippen LogP contribution in [0.25, 0.3) is 23.0 Å². The fraction of sp³-hybridized carbons (Fsp3) is 0.107. The quantitative estimate of drug-likeness (QED) is 0.263. The summed E-state index contributed by atoms with van der Waals surface area (Å²) < 4.78 is 17.9. The van der Waals surface area contributed by atoms with Gasteiger partial charge in [-0.05, 0) is 54.1 Å². The standard InChI is InChI=1S/C28H23N3O4/c1-33-25-14-12-22(16-26(25)34-2)28-23(18-31(30-28)24-6-4-3-5-7-24)13-15-27(32)35-19-21-10-8-20(17-29)9-11-21/h3-16,18H,19H2,1-2H3. The number of benzene rings is 3. The molecule has 0 bridgehead atoms. The molecule has 0 aliphatic heterocycles. The zero-order valence-electron chi connectivity index (χ0n) is 19.3. The van der Waals surface area contributed by atoms with Crippen molar-refractivity contribution in [2.24, 2.45) is 0 Å². The third-order valence-electron chi connectivity index (χ3n) is 5.28. The van der Waals surface area contributed by atoms with Crippen molar-refractivity contribution in [2.45, 2.75) is 6.61 Å². The van der Waals surface area contributed by atoms with Crippen molar-refractivity contribution in [1.29, 1.82) is 5.26 Å². The predicted octanol–water partition coefficient (Wildman–Crippen LogP) is 5.18. The van der Waals surface area contributed by atoms with Crippen molar-refractivity contribution in [2.75, 3.05) is 14.2 Å². The number of rotatable bonds is 8. The molecule has 0 aliphatic carbocycles. The molecule has 4 rings (SSSR count). The zero-order valence-corrected chi connectivity index (χ0v) is 19.3. The molecule has 0 amide bonds. The van der Waals surface area contributed by atoms with Gasteiger partial charge >= 0.3 is 5.97 Å². The Hall–Kier alpha value is -4.83. The van der Waals surface area contributed by atoms with E-state index >= 15 is 0 Å². The molecule has 0 atom stereocenters. The van der Waals surface area contributed by atoms with Crippen LogP contribution < -0.4 is 9.47 Å². The summed E-state index contributed by atoms with van der Waals surface area (Å²) in [7, 11) is 3.16. The number of methoxy groups -OCH3 is 2. The van der Waals surface area contributed by atoms with Gasteiger partial charge in [0.1, 0.15) is 12.3 Å². The van der Waals surface area contributed by atoms with E-state index in [1.165, 1.54) is 6.08 Å². The number of nitrogens with zero attached hydrogens (tertiary/aromatic N) is 3. The lowest BCUT2D eigenvalue weighted by Gasteiger charge is -2.09. The number of aromatic nitrogens is 2. The van der Waals surface area contributed by atoms with E-state index in [0.717, 1.165) is 22.4 Å². The lowest BCUT2D eigenvalue weighted by molar-refractivity contribution is -0.138. The summed E-state index contributed by atoms with van der Waals surface area (Å²) >= 11 is 0. The zero-order chi connectivity index (χ0) is 24.6. The molecule has 3 aromatic carbocycles. The smallest absolute Gasteiger partial charge is 0.331 e. The highest BCUT2D eigenvalue weighted by Gasteiger charge is 2.14. The second-order valence-electron chi connectivity index (χ2n) is 7.53. The Morgan fingerprint density at radius 2 is 1.74 bits per heavy atom. The fourth-order valence-electron chi connectivity index (χ4n) is 3.47. The lowest BCUT2D eigenvalue weighted by atomic mass is 10.1. The van der Waals surface area contributed by atoms with Crippen molar-refractivity contribution in [1.82, 2.24) is 9.78 Å². The molecule has 7 heteroatoms. The average molecular weight is 466 g/mol. The van der Waals surface area contributed by atoms with E-state index in [2.05, 4.69) is 6.07 Å². The van der Waals surface area contributed by atoms with Crippen LogP contribution >= 0.6 is 0 Å². The summed E-state index contributed by atoms with van der Waals surface area (Å²) in [5.41, 5.74) is 4.45. The molecule has 1 heterocycles. The first-order valence-electron chi connectivity index (χ1n) is 10.8. The van der Waals surface area contributed by atoms with Gasteiger partial charge in [0.05, 0.1) is 31.5 Å². The van der Waals surface area contributed by atoms with E-state index in [1.54, 1.807) is 49.2 Å². The molecule has 0 spiro atoms. The van der Waals surface area contributed by atoms with E-state index in [-0.39, 0.29) is 6.61 Å². The Bertz CT molecular complexity index is 1380. The first-order valence-corrected chi connectivity index (χ1v) is 10.8. The molecule has 35 heavy (non-hydrogen) atoms. The highest BCUT2D eigenvalue weighted by Crippen LogP contribution is 2.33. The Morgan fingerprint density at radius 1 is 1.00 bits per heavy atom. The molecule has 4 aromatic rings. The van der Waals surface area contributed by atoms with Crippen molar-refractivity contribution in [3.63, 3.8) is 0 Å². The monoisotopic (exact) mass is 465 g/mol. The molecule has 0 fully saturated rings. The maximum absolute atomic E-state index is 12.4. The Morgan fingerprint density at radius 3 is 2.43 bits per heavy atom. The summed E-state index contributed by atoms with van der Waals surface area (Å²) in [4.78, 5) is 12.4. The van der Waals surface area contributed by atoms with E-state index in [9.17, 15) is 4.79 Å². The molecule has 0 radical (unpaired) electrons. The number of esters is 1. The molecule has 0 aliphatic rings. The summed E-state index contributed by atoms with van der Waals surface area (Å²) in [6.07, 6.45) is 4.91. The predicted molar refractivity (Wildman–Crippen MR) is 132 cm³/mol. The molecular weight excluding hydrogens is 442 g/mol. The topological polar surface area (TPSA) is 86.4 Å². The maximum Gasteiger partial charge on any atom is 0.331 e. The molecule has 0 saturated heterocycles. The van der Waals surface area contributed by atoms with Crippen molar-refractivity contribution < 1.29 is 19.0 Å². The van der Waals surface area contributed by atoms with Gasteiger partial charge in [0, 0.05) is 23.4 Å². The van der Waals surface area contributed by atoms with E-state index in [4.69, 9.17) is 24.6 Å². The number of nitriles is 1. The molecule has 174 valence electrons. The van der Waals surface area contributed by atoms with Crippen molar-refractivity contribution >= 4 is 12.0 Å². The lowest BCUT2D eigenvalue weighted by Crippen LogP contribution is -2.00. The molecular formula is C28H23N3O4. The van der Waals surface area contributed by atoms with Crippen LogP contribution in [-0.2, 0) is 16.1 Å². The summed E-state index contributed by atoms with van der Waals surface area (Å²) in [6, 6.07) is 24.2. The van der Waals surface area contributed by atoms with Gasteiger partial charge in [-0.3, -0.25) is 0 Å². The van der Waals surface area contributed by atoms with Crippen LogP contribution in [0.1, 0.15) is 16.7 Å². The van der Waals surface area contributed by atoms with Crippen LogP contribution in [0.4, 0.5) is 0 Å². The third-order valence-corrected chi connectivity index (χ3v) is 5.28. The molecule has 0 N–H and O–H groups in total. The van der Waals surface area contributed by atoms with Gasteiger partial charge in [0.15, 0.2) is 11.5 Å². The highest BCUT2D eigenvalue weighted by atomic mass is 16.5. The number of ether oxygens (including phenoxy) is 3. The number of para-hydroxylation sites is 1. The average Bonchev–Trinajstić information content (AvgIpc) is 3.35. The Balaban J connectivity index is 1.60. The molecule has 7 nitrogen and oxygen atoms in total. The second kappa shape index (κ2) is 10.9. The van der Waals surface area contributed by atoms with Gasteiger partial charge < -0.3 is 14.2 Å². The van der Waals surface area contributed by atoms with Crippen LogP contribution in [0.3, 0.4) is 0 Å². The van der Waals surface area contributed by atoms with Gasteiger partial charge in [-0.2, -0.15) is 10.4 Å². The number of carbonyl (C=O) groups excluding carboxylic acids is 1. The number of carbonyl (C=O) groups is 1. The first kappa shape index (κ1) is 23.3.